The van der Waals surface area contributed by atoms with E-state index < -0.39 is 0 Å². The number of nitriles is 1. The molecule has 1 saturated heterocycles. The molecule has 2 N–H and O–H groups in total. The summed E-state index contributed by atoms with van der Waals surface area (Å²) in [7, 11) is 0. The molecule has 22 heavy (non-hydrogen) atoms. The molecule has 1 aliphatic rings. The lowest BCUT2D eigenvalue weighted by Crippen LogP contribution is -2.36. The molecular formula is C17H24N4O. The molecule has 1 aromatic carbocycles. The number of anilines is 1. The lowest BCUT2D eigenvalue weighted by molar-refractivity contribution is 0.190. The number of hydrogen-bond donors (Lipinski definition) is 2. The maximum atomic E-state index is 11.8. The highest BCUT2D eigenvalue weighted by atomic mass is 16.2. The predicted molar refractivity (Wildman–Crippen MR) is 87.6 cm³/mol. The Labute approximate surface area is 132 Å². The molecule has 2 rings (SSSR count). The number of carbonyl (C=O) groups excluding carboxylic acids is 1. The van der Waals surface area contributed by atoms with E-state index in [0.29, 0.717) is 17.8 Å². The van der Waals surface area contributed by atoms with E-state index in [9.17, 15) is 4.79 Å². The first-order valence-electron chi connectivity index (χ1n) is 7.95. The number of nitrogens with zero attached hydrogens (tertiary/aromatic N) is 2. The van der Waals surface area contributed by atoms with E-state index in [4.69, 9.17) is 5.26 Å². The van der Waals surface area contributed by atoms with Gasteiger partial charge in [-0.25, -0.2) is 4.79 Å². The second-order valence-corrected chi connectivity index (χ2v) is 5.95. The molecule has 0 unspecified atom stereocenters. The van der Waals surface area contributed by atoms with Crippen molar-refractivity contribution in [1.29, 1.82) is 5.26 Å². The number of likely N-dealkylation sites (tertiary alicyclic amines) is 1. The molecule has 0 saturated carbocycles. The molecule has 1 aromatic rings. The zero-order chi connectivity index (χ0) is 15.8. The van der Waals surface area contributed by atoms with Gasteiger partial charge in [-0.05, 0) is 69.1 Å². The highest BCUT2D eigenvalue weighted by molar-refractivity contribution is 5.89. The van der Waals surface area contributed by atoms with E-state index >= 15 is 0 Å². The number of carbonyl (C=O) groups is 1. The van der Waals surface area contributed by atoms with Crippen molar-refractivity contribution in [3.63, 3.8) is 0 Å². The minimum Gasteiger partial charge on any atom is -0.338 e. The van der Waals surface area contributed by atoms with Gasteiger partial charge in [0.2, 0.25) is 0 Å². The minimum absolute atomic E-state index is 0.197. The van der Waals surface area contributed by atoms with Crippen molar-refractivity contribution in [2.24, 2.45) is 5.92 Å². The number of rotatable bonds is 5. The molecule has 1 fully saturated rings. The van der Waals surface area contributed by atoms with Crippen LogP contribution >= 0.6 is 0 Å². The molecule has 0 aromatic heterocycles. The maximum absolute atomic E-state index is 11.8. The molecule has 0 atom stereocenters. The normalized spacial score (nSPS) is 16.0. The SMILES string of the molecule is CC1CCN(CCCNC(=O)Nc2ccc(C#N)cc2)CC1. The van der Waals surface area contributed by atoms with Crippen LogP contribution in [-0.2, 0) is 0 Å². The summed E-state index contributed by atoms with van der Waals surface area (Å²) in [6.45, 7) is 6.39. The Hall–Kier alpha value is -2.06. The predicted octanol–water partition coefficient (Wildman–Crippen LogP) is 2.80. The van der Waals surface area contributed by atoms with Crippen molar-refractivity contribution < 1.29 is 4.79 Å². The Balaban J connectivity index is 1.60. The van der Waals surface area contributed by atoms with Crippen LogP contribution < -0.4 is 10.6 Å². The number of nitrogens with one attached hydrogen (secondary N) is 2. The topological polar surface area (TPSA) is 68.2 Å². The van der Waals surface area contributed by atoms with Gasteiger partial charge in [-0.15, -0.1) is 0 Å². The number of urea groups is 1. The highest BCUT2D eigenvalue weighted by Gasteiger charge is 2.14. The number of hydrogen-bond acceptors (Lipinski definition) is 3. The largest absolute Gasteiger partial charge is 0.338 e. The summed E-state index contributed by atoms with van der Waals surface area (Å²) >= 11 is 0. The van der Waals surface area contributed by atoms with Crippen LogP contribution in [0.3, 0.4) is 0 Å². The minimum atomic E-state index is -0.197. The fourth-order valence-corrected chi connectivity index (χ4v) is 2.59. The fraction of sp³-hybridized carbons (Fsp3) is 0.529. The Kier molecular flexibility index (Phi) is 6.23. The summed E-state index contributed by atoms with van der Waals surface area (Å²) in [5.41, 5.74) is 1.28. The van der Waals surface area contributed by atoms with Gasteiger partial charge in [0.15, 0.2) is 0 Å². The summed E-state index contributed by atoms with van der Waals surface area (Å²) in [6, 6.07) is 8.69. The Morgan fingerprint density at radius 2 is 2.00 bits per heavy atom. The lowest BCUT2D eigenvalue weighted by atomic mass is 9.99. The molecule has 5 nitrogen and oxygen atoms in total. The van der Waals surface area contributed by atoms with E-state index in [1.54, 1.807) is 24.3 Å². The number of amides is 2. The van der Waals surface area contributed by atoms with Crippen molar-refractivity contribution in [2.75, 3.05) is 31.5 Å². The fourth-order valence-electron chi connectivity index (χ4n) is 2.59. The van der Waals surface area contributed by atoms with Crippen LogP contribution in [-0.4, -0.2) is 37.1 Å². The van der Waals surface area contributed by atoms with E-state index in [0.717, 1.165) is 18.9 Å². The van der Waals surface area contributed by atoms with Crippen molar-refractivity contribution in [1.82, 2.24) is 10.2 Å². The molecular weight excluding hydrogens is 276 g/mol. The average Bonchev–Trinajstić information content (AvgIpc) is 2.54. The van der Waals surface area contributed by atoms with Gasteiger partial charge < -0.3 is 15.5 Å². The standard InChI is InChI=1S/C17H24N4O/c1-14-7-11-21(12-8-14)10-2-9-19-17(22)20-16-5-3-15(13-18)4-6-16/h3-6,14H,2,7-12H2,1H3,(H2,19,20,22). The van der Waals surface area contributed by atoms with Gasteiger partial charge in [-0.2, -0.15) is 5.26 Å². The molecule has 1 aliphatic heterocycles. The van der Waals surface area contributed by atoms with Gasteiger partial charge in [0.25, 0.3) is 0 Å². The molecule has 0 spiro atoms. The third-order valence-corrected chi connectivity index (χ3v) is 4.08. The van der Waals surface area contributed by atoms with Crippen LogP contribution in [0.15, 0.2) is 24.3 Å². The first kappa shape index (κ1) is 16.3. The summed E-state index contributed by atoms with van der Waals surface area (Å²) < 4.78 is 0. The first-order valence-corrected chi connectivity index (χ1v) is 7.95. The van der Waals surface area contributed by atoms with E-state index in [1.807, 2.05) is 0 Å². The molecule has 0 aliphatic carbocycles. The second kappa shape index (κ2) is 8.40. The van der Waals surface area contributed by atoms with Crippen LogP contribution in [0, 0.1) is 17.2 Å². The summed E-state index contributed by atoms with van der Waals surface area (Å²) in [4.78, 5) is 14.2. The highest BCUT2D eigenvalue weighted by Crippen LogP contribution is 2.15. The molecule has 5 heteroatoms. The van der Waals surface area contributed by atoms with Crippen LogP contribution in [0.2, 0.25) is 0 Å². The lowest BCUT2D eigenvalue weighted by Gasteiger charge is -2.30. The molecule has 118 valence electrons. The van der Waals surface area contributed by atoms with Gasteiger partial charge in [0.1, 0.15) is 0 Å². The average molecular weight is 300 g/mol. The van der Waals surface area contributed by atoms with Crippen LogP contribution in [0.4, 0.5) is 10.5 Å². The molecule has 1 heterocycles. The summed E-state index contributed by atoms with van der Waals surface area (Å²) in [5.74, 6) is 0.854. The smallest absolute Gasteiger partial charge is 0.319 e. The van der Waals surface area contributed by atoms with Gasteiger partial charge in [-0.1, -0.05) is 6.92 Å². The maximum Gasteiger partial charge on any atom is 0.319 e. The van der Waals surface area contributed by atoms with Gasteiger partial charge in [0.05, 0.1) is 11.6 Å². The number of benzene rings is 1. The van der Waals surface area contributed by atoms with Crippen molar-refractivity contribution in [3.05, 3.63) is 29.8 Å². The summed E-state index contributed by atoms with van der Waals surface area (Å²) in [5, 5.41) is 14.4. The van der Waals surface area contributed by atoms with Crippen molar-refractivity contribution in [3.8, 4) is 6.07 Å². The molecule has 0 radical (unpaired) electrons. The van der Waals surface area contributed by atoms with Gasteiger partial charge in [0, 0.05) is 12.2 Å². The van der Waals surface area contributed by atoms with E-state index in [1.165, 1.54) is 25.9 Å². The van der Waals surface area contributed by atoms with Crippen molar-refractivity contribution in [2.45, 2.75) is 26.2 Å². The zero-order valence-electron chi connectivity index (χ0n) is 13.1. The third kappa shape index (κ3) is 5.38. The first-order chi connectivity index (χ1) is 10.7. The van der Waals surface area contributed by atoms with Crippen LogP contribution in [0.25, 0.3) is 0 Å². The second-order valence-electron chi connectivity index (χ2n) is 5.95. The Morgan fingerprint density at radius 3 is 2.64 bits per heavy atom. The van der Waals surface area contributed by atoms with Crippen LogP contribution in [0.1, 0.15) is 31.7 Å². The Bertz CT molecular complexity index is 512. The summed E-state index contributed by atoms with van der Waals surface area (Å²) in [6.07, 6.45) is 3.54. The molecule has 0 bridgehead atoms. The third-order valence-electron chi connectivity index (χ3n) is 4.08. The monoisotopic (exact) mass is 300 g/mol. The van der Waals surface area contributed by atoms with E-state index in [2.05, 4.69) is 28.5 Å². The number of piperidine rings is 1. The molecule has 2 amide bonds. The van der Waals surface area contributed by atoms with Gasteiger partial charge >= 0.3 is 6.03 Å². The van der Waals surface area contributed by atoms with Crippen LogP contribution in [0.5, 0.6) is 0 Å². The van der Waals surface area contributed by atoms with Crippen molar-refractivity contribution >= 4 is 11.7 Å². The van der Waals surface area contributed by atoms with E-state index in [-0.39, 0.29) is 6.03 Å². The quantitative estimate of drug-likeness (QED) is 0.822. The van der Waals surface area contributed by atoms with Gasteiger partial charge in [-0.3, -0.25) is 0 Å². The zero-order valence-corrected chi connectivity index (χ0v) is 13.1. The Morgan fingerprint density at radius 1 is 1.32 bits per heavy atom.